The molecule has 440 valence electrons. The van der Waals surface area contributed by atoms with Crippen molar-refractivity contribution in [3.8, 4) is 0 Å². The lowest BCUT2D eigenvalue weighted by Crippen LogP contribution is -2.61. The summed E-state index contributed by atoms with van der Waals surface area (Å²) < 4.78 is 17.5. The summed E-state index contributed by atoms with van der Waals surface area (Å²) in [4.78, 5) is 26.5. The Kier molecular flexibility index (Phi) is 48.8. The normalized spacial score (nSPS) is 20.0. The minimum Gasteiger partial charge on any atom is -0.454 e. The second-order valence-corrected chi connectivity index (χ2v) is 20.1. The molecule has 78 heavy (non-hydrogen) atoms. The number of carbonyl (C=O) groups excluding carboxylic acids is 2. The molecule has 1 aliphatic heterocycles. The van der Waals surface area contributed by atoms with Gasteiger partial charge in [0, 0.05) is 6.42 Å². The van der Waals surface area contributed by atoms with Gasteiger partial charge in [-0.3, -0.25) is 9.59 Å². The molecule has 1 amide bonds. The number of carbonyl (C=O) groups is 2. The highest BCUT2D eigenvalue weighted by Crippen LogP contribution is 2.26. The molecule has 0 aliphatic carbocycles. The number of unbranched alkanes of at least 4 members (excludes halogenated alkanes) is 17. The Morgan fingerprint density at radius 1 is 0.526 bits per heavy atom. The molecule has 0 radical (unpaired) electrons. The van der Waals surface area contributed by atoms with Crippen molar-refractivity contribution in [2.45, 2.75) is 250 Å². The van der Waals surface area contributed by atoms with Crippen molar-refractivity contribution in [1.82, 2.24) is 5.32 Å². The third-order valence-electron chi connectivity index (χ3n) is 13.1. The summed E-state index contributed by atoms with van der Waals surface area (Å²) in [5.74, 6) is -1.27. The van der Waals surface area contributed by atoms with Crippen LogP contribution in [-0.2, 0) is 23.8 Å². The first-order chi connectivity index (χ1) is 38.2. The van der Waals surface area contributed by atoms with E-state index in [-0.39, 0.29) is 19.4 Å². The van der Waals surface area contributed by atoms with E-state index in [0.717, 1.165) is 109 Å². The van der Waals surface area contributed by atoms with Gasteiger partial charge in [0.2, 0.25) is 5.91 Å². The number of nitrogens with one attached hydrogen (secondary N) is 1. The molecule has 0 aromatic heterocycles. The fourth-order valence-corrected chi connectivity index (χ4v) is 8.41. The minimum absolute atomic E-state index is 0.0604. The Hall–Kier alpha value is -4.46. The van der Waals surface area contributed by atoms with Gasteiger partial charge in [-0.05, 0) is 89.9 Å². The van der Waals surface area contributed by atoms with Crippen LogP contribution in [0.4, 0.5) is 0 Å². The number of esters is 1. The molecular weight excluding hydrogens is 979 g/mol. The van der Waals surface area contributed by atoms with Crippen molar-refractivity contribution in [3.05, 3.63) is 146 Å². The van der Waals surface area contributed by atoms with Crippen LogP contribution in [0.5, 0.6) is 0 Å². The number of aliphatic hydroxyl groups excluding tert-OH is 5. The Morgan fingerprint density at radius 2 is 0.987 bits per heavy atom. The molecule has 0 aromatic rings. The lowest BCUT2D eigenvalue weighted by atomic mass is 9.99. The van der Waals surface area contributed by atoms with E-state index in [1.807, 2.05) is 66.8 Å². The maximum Gasteiger partial charge on any atom is 0.306 e. The molecule has 0 saturated carbocycles. The van der Waals surface area contributed by atoms with Crippen molar-refractivity contribution in [1.29, 1.82) is 0 Å². The van der Waals surface area contributed by atoms with Gasteiger partial charge in [-0.1, -0.05) is 250 Å². The van der Waals surface area contributed by atoms with E-state index in [1.165, 1.54) is 44.9 Å². The Morgan fingerprint density at radius 3 is 1.54 bits per heavy atom. The first-order valence-electron chi connectivity index (χ1n) is 30.2. The monoisotopic (exact) mass is 1090 g/mol. The van der Waals surface area contributed by atoms with Gasteiger partial charge in [0.25, 0.3) is 0 Å². The standard InChI is InChI=1S/C67H107NO10/c1-4-7-10-13-16-19-22-25-27-29-30-31-33-34-36-39-42-45-48-51-54-60(71)66(75)68-58(59(70)53-50-47-44-41-38-24-21-18-15-12-9-6-3)57-76-67-65(64(74)63(73)61(56-69)77-67)78-62(72)55-52-49-46-43-40-37-35-32-28-26-23-20-17-14-11-8-5-2/h7-8,10-11,14,16-17,19-20,23,25-28,30-32,34-37,40,50,53,58-61,63-65,67,69-71,73-74H,4-6,9,12-13,15,18,21-22,24,29,33,38-39,41-49,51-52,54-57H2,1-3H3,(H,68,75)/b10-7-,11-8-,17-14+,19-16-,23-20+,27-25-,28-26-,31-30-,35-32+,36-34-,40-37+,53-50+. The Balaban J connectivity index is 2.76. The average molecular weight is 1090 g/mol. The van der Waals surface area contributed by atoms with Crippen molar-refractivity contribution < 1.29 is 49.3 Å². The van der Waals surface area contributed by atoms with Crippen molar-refractivity contribution in [2.24, 2.45) is 0 Å². The van der Waals surface area contributed by atoms with Gasteiger partial charge in [0.1, 0.15) is 24.4 Å². The molecule has 0 bridgehead atoms. The van der Waals surface area contributed by atoms with E-state index in [0.29, 0.717) is 12.8 Å². The van der Waals surface area contributed by atoms with Gasteiger partial charge >= 0.3 is 5.97 Å². The van der Waals surface area contributed by atoms with Crippen LogP contribution in [0.3, 0.4) is 0 Å². The number of hydrogen-bond acceptors (Lipinski definition) is 10. The van der Waals surface area contributed by atoms with E-state index in [2.05, 4.69) is 99.0 Å². The number of hydrogen-bond donors (Lipinski definition) is 6. The summed E-state index contributed by atoms with van der Waals surface area (Å²) >= 11 is 0. The molecule has 6 N–H and O–H groups in total. The molecule has 8 atom stereocenters. The van der Waals surface area contributed by atoms with E-state index in [9.17, 15) is 35.1 Å². The predicted molar refractivity (Wildman–Crippen MR) is 324 cm³/mol. The zero-order valence-electron chi connectivity index (χ0n) is 48.5. The predicted octanol–water partition coefficient (Wildman–Crippen LogP) is 14.2. The van der Waals surface area contributed by atoms with E-state index >= 15 is 0 Å². The molecule has 8 unspecified atom stereocenters. The summed E-state index contributed by atoms with van der Waals surface area (Å²) in [6.07, 6.45) is 65.9. The van der Waals surface area contributed by atoms with Crippen LogP contribution in [-0.4, -0.2) is 99.6 Å². The third-order valence-corrected chi connectivity index (χ3v) is 13.1. The minimum atomic E-state index is -1.65. The first-order valence-corrected chi connectivity index (χ1v) is 30.2. The number of allylic oxidation sites excluding steroid dienone is 23. The summed E-state index contributed by atoms with van der Waals surface area (Å²) in [5.41, 5.74) is 0. The number of amides is 1. The molecule has 1 heterocycles. The van der Waals surface area contributed by atoms with Crippen molar-refractivity contribution >= 4 is 11.9 Å². The zero-order chi connectivity index (χ0) is 56.8. The van der Waals surface area contributed by atoms with Gasteiger partial charge < -0.3 is 45.1 Å². The van der Waals surface area contributed by atoms with Crippen LogP contribution < -0.4 is 5.32 Å². The Labute approximate surface area is 473 Å². The second-order valence-electron chi connectivity index (χ2n) is 20.1. The summed E-state index contributed by atoms with van der Waals surface area (Å²) in [7, 11) is 0. The van der Waals surface area contributed by atoms with Crippen LogP contribution >= 0.6 is 0 Å². The average Bonchev–Trinajstić information content (AvgIpc) is 3.45. The maximum absolute atomic E-state index is 13.4. The molecule has 0 spiro atoms. The van der Waals surface area contributed by atoms with Crippen LogP contribution in [0, 0.1) is 0 Å². The molecule has 0 aromatic carbocycles. The number of ether oxygens (including phenoxy) is 3. The molecule has 1 fully saturated rings. The SMILES string of the molecule is CC\C=C/C=C/C=C/C=C\C=C\C=C\CCCCCC(=O)OC1C(OCC(NC(=O)C(O)CCCCCC/C=C\C/C=C\C/C=C\C/C=C\C/C=C\CC)C(O)/C=C/CCCCCCCCCCCC)OC(CO)C(O)C1O. The zero-order valence-corrected chi connectivity index (χ0v) is 48.5. The quantitative estimate of drug-likeness (QED) is 0.0149. The lowest BCUT2D eigenvalue weighted by molar-refractivity contribution is -0.305. The molecule has 1 aliphatic rings. The van der Waals surface area contributed by atoms with E-state index in [4.69, 9.17) is 14.2 Å². The lowest BCUT2D eigenvalue weighted by Gasteiger charge is -2.41. The highest BCUT2D eigenvalue weighted by atomic mass is 16.7. The van der Waals surface area contributed by atoms with Crippen LogP contribution in [0.2, 0.25) is 0 Å². The van der Waals surface area contributed by atoms with Gasteiger partial charge in [-0.25, -0.2) is 0 Å². The van der Waals surface area contributed by atoms with Gasteiger partial charge in [-0.2, -0.15) is 0 Å². The summed E-state index contributed by atoms with van der Waals surface area (Å²) in [6.45, 7) is 5.46. The van der Waals surface area contributed by atoms with Crippen molar-refractivity contribution in [2.75, 3.05) is 13.2 Å². The maximum atomic E-state index is 13.4. The van der Waals surface area contributed by atoms with E-state index < -0.39 is 67.4 Å². The smallest absolute Gasteiger partial charge is 0.306 e. The van der Waals surface area contributed by atoms with Gasteiger partial charge in [-0.15, -0.1) is 0 Å². The van der Waals surface area contributed by atoms with Crippen LogP contribution in [0.25, 0.3) is 0 Å². The summed E-state index contributed by atoms with van der Waals surface area (Å²) in [6, 6.07) is -1.06. The number of rotatable bonds is 48. The van der Waals surface area contributed by atoms with Gasteiger partial charge in [0.05, 0.1) is 25.4 Å². The van der Waals surface area contributed by atoms with Gasteiger partial charge in [0.15, 0.2) is 12.4 Å². The molecule has 1 rings (SSSR count). The highest BCUT2D eigenvalue weighted by Gasteiger charge is 2.47. The largest absolute Gasteiger partial charge is 0.454 e. The van der Waals surface area contributed by atoms with Crippen molar-refractivity contribution in [3.63, 3.8) is 0 Å². The highest BCUT2D eigenvalue weighted by molar-refractivity contribution is 5.80. The van der Waals surface area contributed by atoms with Crippen LogP contribution in [0.15, 0.2) is 146 Å². The first kappa shape index (κ1) is 71.6. The molecule has 11 heteroatoms. The van der Waals surface area contributed by atoms with Crippen LogP contribution in [0.1, 0.15) is 201 Å². The van der Waals surface area contributed by atoms with E-state index in [1.54, 1.807) is 6.08 Å². The third kappa shape index (κ3) is 40.7. The second kappa shape index (κ2) is 53.2. The Bertz CT molecular complexity index is 1820. The fourth-order valence-electron chi connectivity index (χ4n) is 8.41. The number of aliphatic hydroxyl groups is 5. The molecule has 11 nitrogen and oxygen atoms in total. The summed E-state index contributed by atoms with van der Waals surface area (Å²) in [5, 5.41) is 56.9. The molecule has 1 saturated heterocycles. The fraction of sp³-hybridized carbons (Fsp3) is 0.612. The topological polar surface area (TPSA) is 175 Å². The molecular formula is C67H107NO10.